The number of fused-ring (bicyclic) bond motifs is 1. The van der Waals surface area contributed by atoms with Gasteiger partial charge in [0.05, 0.1) is 11.0 Å². The normalized spacial score (nSPS) is 23.3. The van der Waals surface area contributed by atoms with Crippen LogP contribution in [0.5, 0.6) is 0 Å². The molecule has 2 aromatic carbocycles. The molecule has 0 bridgehead atoms. The van der Waals surface area contributed by atoms with Gasteiger partial charge in [-0.2, -0.15) is 0 Å². The average Bonchev–Trinajstić information content (AvgIpc) is 3.33. The number of amides is 1. The number of carbonyl (C=O) groups excluding carboxylic acids is 1. The summed E-state index contributed by atoms with van der Waals surface area (Å²) < 4.78 is 6.13. The Balaban J connectivity index is 1.07. The quantitative estimate of drug-likeness (QED) is 0.299. The number of hydrogen-bond donors (Lipinski definition) is 2. The highest BCUT2D eigenvalue weighted by atomic mass is 16.6. The van der Waals surface area contributed by atoms with E-state index >= 15 is 0 Å². The fourth-order valence-corrected chi connectivity index (χ4v) is 5.50. The molecule has 3 aromatic rings. The number of anilines is 1. The standard InChI is InChI=1S/C29H39N5O2/c1-33(2)18-8-4-5-11-26(35)30-22-15-12-21(19-22)27-29(36-27)34(3)23-16-13-20(14-17-23)28-31-24-9-6-7-10-25(24)32-28/h6-7,9-10,13-14,16-17,21-22,27,29H,4-5,8,11-12,15,18-19H2,1-3H3,(H,30,35)(H,31,32). The summed E-state index contributed by atoms with van der Waals surface area (Å²) in [5.74, 6) is 1.61. The fraction of sp³-hybridized carbons (Fsp3) is 0.517. The van der Waals surface area contributed by atoms with Crippen LogP contribution in [0.25, 0.3) is 22.4 Å². The molecule has 2 fully saturated rings. The molecule has 1 saturated heterocycles. The zero-order chi connectivity index (χ0) is 25.1. The summed E-state index contributed by atoms with van der Waals surface area (Å²) in [6.07, 6.45) is 7.44. The third kappa shape index (κ3) is 5.90. The Bertz CT molecular complexity index is 1120. The number of carbonyl (C=O) groups is 1. The van der Waals surface area contributed by atoms with Crippen molar-refractivity contribution in [2.75, 3.05) is 32.6 Å². The number of aromatic nitrogens is 2. The Hall–Kier alpha value is -2.90. The van der Waals surface area contributed by atoms with Crippen LogP contribution < -0.4 is 10.2 Å². The predicted molar refractivity (Wildman–Crippen MR) is 145 cm³/mol. The third-order valence-corrected chi connectivity index (χ3v) is 7.63. The van der Waals surface area contributed by atoms with Crippen LogP contribution in [-0.4, -0.2) is 66.8 Å². The van der Waals surface area contributed by atoms with Gasteiger partial charge in [-0.05, 0) is 95.1 Å². The summed E-state index contributed by atoms with van der Waals surface area (Å²) in [5, 5.41) is 3.27. The van der Waals surface area contributed by atoms with Crippen LogP contribution in [0.15, 0.2) is 48.5 Å². The number of ether oxygens (including phenoxy) is 1. The first-order valence-corrected chi connectivity index (χ1v) is 13.4. The van der Waals surface area contributed by atoms with Gasteiger partial charge >= 0.3 is 0 Å². The molecule has 7 nitrogen and oxygen atoms in total. The molecule has 7 heteroatoms. The second kappa shape index (κ2) is 11.0. The van der Waals surface area contributed by atoms with Crippen molar-refractivity contribution in [3.05, 3.63) is 48.5 Å². The summed E-state index contributed by atoms with van der Waals surface area (Å²) in [4.78, 5) is 24.9. The molecule has 5 rings (SSSR count). The van der Waals surface area contributed by atoms with Crippen molar-refractivity contribution in [3.8, 4) is 11.4 Å². The molecule has 1 saturated carbocycles. The first kappa shape index (κ1) is 24.8. The van der Waals surface area contributed by atoms with E-state index in [4.69, 9.17) is 9.72 Å². The molecule has 0 radical (unpaired) electrons. The number of nitrogens with zero attached hydrogens (tertiary/aromatic N) is 3. The Morgan fingerprint density at radius 2 is 1.86 bits per heavy atom. The van der Waals surface area contributed by atoms with Crippen LogP contribution in [0.2, 0.25) is 0 Å². The van der Waals surface area contributed by atoms with Crippen LogP contribution in [0.3, 0.4) is 0 Å². The summed E-state index contributed by atoms with van der Waals surface area (Å²) in [6, 6.07) is 16.9. The van der Waals surface area contributed by atoms with Crippen LogP contribution in [-0.2, 0) is 9.53 Å². The van der Waals surface area contributed by atoms with Crippen LogP contribution in [0.4, 0.5) is 5.69 Å². The molecule has 4 unspecified atom stereocenters. The largest absolute Gasteiger partial charge is 0.353 e. The number of H-pyrrole nitrogens is 1. The summed E-state index contributed by atoms with van der Waals surface area (Å²) in [6.45, 7) is 1.09. The molecule has 192 valence electrons. The van der Waals surface area contributed by atoms with Crippen LogP contribution in [0, 0.1) is 5.92 Å². The molecule has 2 N–H and O–H groups in total. The van der Waals surface area contributed by atoms with Crippen molar-refractivity contribution >= 4 is 22.6 Å². The van der Waals surface area contributed by atoms with Gasteiger partial charge in [-0.25, -0.2) is 4.98 Å². The van der Waals surface area contributed by atoms with Gasteiger partial charge in [0.1, 0.15) is 11.9 Å². The van der Waals surface area contributed by atoms with Crippen molar-refractivity contribution in [1.82, 2.24) is 20.2 Å². The SMILES string of the molecule is CN(C)CCCCCC(=O)NC1CCC(C2OC2N(C)c2ccc(-c3nc4ccccc4[nH]3)cc2)C1. The summed E-state index contributed by atoms with van der Waals surface area (Å²) >= 11 is 0. The number of nitrogens with one attached hydrogen (secondary N) is 2. The van der Waals surface area contributed by atoms with Crippen molar-refractivity contribution in [3.63, 3.8) is 0 Å². The van der Waals surface area contributed by atoms with E-state index in [0.717, 1.165) is 73.2 Å². The van der Waals surface area contributed by atoms with E-state index in [0.29, 0.717) is 18.4 Å². The number of likely N-dealkylation sites (N-methyl/N-ethyl adjacent to an activating group) is 1. The maximum absolute atomic E-state index is 12.4. The minimum atomic E-state index is 0.109. The Labute approximate surface area is 214 Å². The van der Waals surface area contributed by atoms with Gasteiger partial charge in [0, 0.05) is 30.8 Å². The minimum absolute atomic E-state index is 0.109. The topological polar surface area (TPSA) is 76.8 Å². The van der Waals surface area contributed by atoms with E-state index in [1.165, 1.54) is 0 Å². The maximum atomic E-state index is 12.4. The number of rotatable bonds is 11. The van der Waals surface area contributed by atoms with Gasteiger partial charge in [0.15, 0.2) is 6.23 Å². The first-order chi connectivity index (χ1) is 17.5. The minimum Gasteiger partial charge on any atom is -0.353 e. The monoisotopic (exact) mass is 489 g/mol. The lowest BCUT2D eigenvalue weighted by atomic mass is 10.0. The first-order valence-electron chi connectivity index (χ1n) is 13.4. The molecule has 1 aliphatic carbocycles. The molecule has 1 aromatic heterocycles. The van der Waals surface area contributed by atoms with E-state index in [2.05, 4.69) is 65.5 Å². The molecule has 1 amide bonds. The highest BCUT2D eigenvalue weighted by Gasteiger charge is 2.49. The van der Waals surface area contributed by atoms with Crippen LogP contribution in [0.1, 0.15) is 44.9 Å². The van der Waals surface area contributed by atoms with E-state index in [1.54, 1.807) is 0 Å². The average molecular weight is 490 g/mol. The second-order valence-electron chi connectivity index (χ2n) is 10.7. The second-order valence-corrected chi connectivity index (χ2v) is 10.7. The van der Waals surface area contributed by atoms with E-state index in [9.17, 15) is 4.79 Å². The number of hydrogen-bond acceptors (Lipinski definition) is 5. The molecule has 2 heterocycles. The lowest BCUT2D eigenvalue weighted by molar-refractivity contribution is -0.121. The number of benzene rings is 2. The number of imidazole rings is 1. The lowest BCUT2D eigenvalue weighted by Crippen LogP contribution is -2.33. The number of epoxide rings is 1. The van der Waals surface area contributed by atoms with Crippen LogP contribution >= 0.6 is 0 Å². The zero-order valence-electron chi connectivity index (χ0n) is 21.7. The van der Waals surface area contributed by atoms with Crippen molar-refractivity contribution in [1.29, 1.82) is 0 Å². The van der Waals surface area contributed by atoms with Gasteiger partial charge in [0.25, 0.3) is 0 Å². The number of para-hydroxylation sites is 2. The van der Waals surface area contributed by atoms with Crippen molar-refractivity contribution in [2.45, 2.75) is 63.3 Å². The lowest BCUT2D eigenvalue weighted by Gasteiger charge is -2.18. The predicted octanol–water partition coefficient (Wildman–Crippen LogP) is 4.80. The molecule has 1 aliphatic heterocycles. The molecule has 36 heavy (non-hydrogen) atoms. The van der Waals surface area contributed by atoms with Gasteiger partial charge in [-0.3, -0.25) is 4.79 Å². The van der Waals surface area contributed by atoms with Gasteiger partial charge in [-0.15, -0.1) is 0 Å². The Kier molecular flexibility index (Phi) is 7.58. The number of aromatic amines is 1. The van der Waals surface area contributed by atoms with Gasteiger partial charge in [0.2, 0.25) is 5.91 Å². The molecular formula is C29H39N5O2. The van der Waals surface area contributed by atoms with Gasteiger partial charge in [-0.1, -0.05) is 18.6 Å². The molecule has 4 atom stereocenters. The van der Waals surface area contributed by atoms with Gasteiger partial charge < -0.3 is 24.8 Å². The summed E-state index contributed by atoms with van der Waals surface area (Å²) in [7, 11) is 6.29. The smallest absolute Gasteiger partial charge is 0.220 e. The van der Waals surface area contributed by atoms with E-state index < -0.39 is 0 Å². The Morgan fingerprint density at radius 1 is 1.06 bits per heavy atom. The zero-order valence-corrected chi connectivity index (χ0v) is 21.7. The van der Waals surface area contributed by atoms with Crippen molar-refractivity contribution in [2.24, 2.45) is 5.92 Å². The van der Waals surface area contributed by atoms with E-state index in [1.807, 2.05) is 24.3 Å². The third-order valence-electron chi connectivity index (χ3n) is 7.63. The molecule has 0 spiro atoms. The highest BCUT2D eigenvalue weighted by molar-refractivity contribution is 5.79. The van der Waals surface area contributed by atoms with E-state index in [-0.39, 0.29) is 18.2 Å². The van der Waals surface area contributed by atoms with Crippen molar-refractivity contribution < 1.29 is 9.53 Å². The fourth-order valence-electron chi connectivity index (χ4n) is 5.50. The molecule has 2 aliphatic rings. The number of unbranched alkanes of at least 4 members (excludes halogenated alkanes) is 2. The maximum Gasteiger partial charge on any atom is 0.220 e. The summed E-state index contributed by atoms with van der Waals surface area (Å²) in [5.41, 5.74) is 4.24. The molecular weight excluding hydrogens is 450 g/mol. The highest BCUT2D eigenvalue weighted by Crippen LogP contribution is 2.42. The Morgan fingerprint density at radius 3 is 2.64 bits per heavy atom.